The Balaban J connectivity index is 1.80. The summed E-state index contributed by atoms with van der Waals surface area (Å²) in [5.41, 5.74) is 2.15. The van der Waals surface area contributed by atoms with Crippen molar-refractivity contribution in [2.75, 3.05) is 38.1 Å². The van der Waals surface area contributed by atoms with Gasteiger partial charge in [-0.3, -0.25) is 9.89 Å². The molecule has 1 fully saturated rings. The molecule has 0 saturated carbocycles. The van der Waals surface area contributed by atoms with Gasteiger partial charge in [0.2, 0.25) is 0 Å². The normalized spacial score (nSPS) is 16.9. The molecule has 24 heavy (non-hydrogen) atoms. The Hall–Kier alpha value is -2.41. The van der Waals surface area contributed by atoms with Gasteiger partial charge in [-0.15, -0.1) is 0 Å². The summed E-state index contributed by atoms with van der Waals surface area (Å²) < 4.78 is 13.8. The summed E-state index contributed by atoms with van der Waals surface area (Å²) in [5.74, 6) is -0.556. The summed E-state index contributed by atoms with van der Waals surface area (Å²) in [4.78, 5) is 16.7. The lowest BCUT2D eigenvalue weighted by Crippen LogP contribution is -2.45. The zero-order chi connectivity index (χ0) is 17.1. The molecule has 2 N–H and O–H groups in total. The molecule has 3 rings (SSSR count). The number of hydrogen-bond acceptors (Lipinski definition) is 4. The molecule has 1 aromatic carbocycles. The number of benzene rings is 1. The summed E-state index contributed by atoms with van der Waals surface area (Å²) in [7, 11) is 2.09. The minimum atomic E-state index is -0.314. The van der Waals surface area contributed by atoms with Crippen molar-refractivity contribution in [1.82, 2.24) is 20.4 Å². The first-order valence-electron chi connectivity index (χ1n) is 8.08. The van der Waals surface area contributed by atoms with Gasteiger partial charge >= 0.3 is 0 Å². The fourth-order valence-corrected chi connectivity index (χ4v) is 2.94. The van der Waals surface area contributed by atoms with Crippen LogP contribution in [0.5, 0.6) is 0 Å². The number of aromatic amines is 1. The Bertz CT molecular complexity index is 695. The van der Waals surface area contributed by atoms with E-state index in [4.69, 9.17) is 0 Å². The summed E-state index contributed by atoms with van der Waals surface area (Å²) in [6, 6.07) is 6.07. The summed E-state index contributed by atoms with van der Waals surface area (Å²) in [5, 5.41) is 9.31. The number of H-pyrrole nitrogens is 1. The highest BCUT2D eigenvalue weighted by molar-refractivity contribution is 5.92. The molecule has 0 aliphatic carbocycles. The van der Waals surface area contributed by atoms with Gasteiger partial charge in [0.1, 0.15) is 11.5 Å². The molecule has 0 spiro atoms. The van der Waals surface area contributed by atoms with E-state index in [2.05, 4.69) is 32.4 Å². The van der Waals surface area contributed by atoms with Gasteiger partial charge in [-0.05, 0) is 38.2 Å². The number of aromatic nitrogens is 2. The maximum atomic E-state index is 13.8. The minimum Gasteiger partial charge on any atom is -0.369 e. The lowest BCUT2D eigenvalue weighted by Gasteiger charge is -2.36. The molecule has 7 heteroatoms. The van der Waals surface area contributed by atoms with Gasteiger partial charge in [0.15, 0.2) is 0 Å². The Morgan fingerprint density at radius 1 is 1.29 bits per heavy atom. The van der Waals surface area contributed by atoms with Gasteiger partial charge in [0, 0.05) is 43.6 Å². The number of rotatable bonds is 4. The van der Waals surface area contributed by atoms with Crippen molar-refractivity contribution in [3.63, 3.8) is 0 Å². The smallest absolute Gasteiger partial charge is 0.269 e. The van der Waals surface area contributed by atoms with Crippen LogP contribution in [0.1, 0.15) is 29.0 Å². The number of nitrogens with zero attached hydrogens (tertiary/aromatic N) is 3. The first kappa shape index (κ1) is 16.4. The van der Waals surface area contributed by atoms with Gasteiger partial charge in [-0.25, -0.2) is 4.39 Å². The maximum absolute atomic E-state index is 13.8. The molecule has 128 valence electrons. The van der Waals surface area contributed by atoms with E-state index in [1.807, 2.05) is 6.92 Å². The molecule has 0 radical (unpaired) electrons. The Morgan fingerprint density at radius 3 is 2.71 bits per heavy atom. The van der Waals surface area contributed by atoms with Crippen LogP contribution in [0, 0.1) is 5.82 Å². The van der Waals surface area contributed by atoms with Crippen molar-refractivity contribution < 1.29 is 9.18 Å². The molecule has 1 amide bonds. The lowest BCUT2D eigenvalue weighted by atomic mass is 10.0. The number of nitrogens with one attached hydrogen (secondary N) is 2. The second kappa shape index (κ2) is 7.00. The first-order valence-corrected chi connectivity index (χ1v) is 8.08. The van der Waals surface area contributed by atoms with Gasteiger partial charge in [0.05, 0.1) is 6.04 Å². The third-order valence-electron chi connectivity index (χ3n) is 4.39. The van der Waals surface area contributed by atoms with E-state index in [0.29, 0.717) is 5.69 Å². The van der Waals surface area contributed by atoms with Crippen molar-refractivity contribution in [3.8, 4) is 0 Å². The quantitative estimate of drug-likeness (QED) is 0.897. The van der Waals surface area contributed by atoms with Crippen LogP contribution in [0.25, 0.3) is 0 Å². The van der Waals surface area contributed by atoms with Crippen molar-refractivity contribution in [3.05, 3.63) is 47.5 Å². The standard InChI is InChI=1S/C17H22FN5O/c1-12(20-17(24)15-5-6-19-21-15)14-11-13(18)3-4-16(14)23-9-7-22(2)8-10-23/h3-6,11-12H,7-10H2,1-2H3,(H,19,21)(H,20,24). The number of anilines is 1. The zero-order valence-corrected chi connectivity index (χ0v) is 13.9. The van der Waals surface area contributed by atoms with E-state index < -0.39 is 0 Å². The van der Waals surface area contributed by atoms with E-state index in [-0.39, 0.29) is 17.8 Å². The molecular formula is C17H22FN5O. The van der Waals surface area contributed by atoms with Crippen LogP contribution in [-0.4, -0.2) is 54.2 Å². The lowest BCUT2D eigenvalue weighted by molar-refractivity contribution is 0.0935. The van der Waals surface area contributed by atoms with Crippen molar-refractivity contribution in [2.45, 2.75) is 13.0 Å². The third-order valence-corrected chi connectivity index (χ3v) is 4.39. The maximum Gasteiger partial charge on any atom is 0.269 e. The number of amides is 1. The van der Waals surface area contributed by atoms with Crippen LogP contribution < -0.4 is 10.2 Å². The second-order valence-corrected chi connectivity index (χ2v) is 6.16. The fourth-order valence-electron chi connectivity index (χ4n) is 2.94. The number of carbonyl (C=O) groups excluding carboxylic acids is 1. The zero-order valence-electron chi connectivity index (χ0n) is 13.9. The highest BCUT2D eigenvalue weighted by Gasteiger charge is 2.21. The molecule has 1 aliphatic rings. The fraction of sp³-hybridized carbons (Fsp3) is 0.412. The van der Waals surface area contributed by atoms with E-state index in [0.717, 1.165) is 37.4 Å². The van der Waals surface area contributed by atoms with Crippen LogP contribution in [0.15, 0.2) is 30.5 Å². The molecule has 1 aliphatic heterocycles. The van der Waals surface area contributed by atoms with Gasteiger partial charge in [-0.1, -0.05) is 0 Å². The molecule has 1 saturated heterocycles. The molecule has 1 atom stereocenters. The van der Waals surface area contributed by atoms with Crippen molar-refractivity contribution in [2.24, 2.45) is 0 Å². The Morgan fingerprint density at radius 2 is 2.04 bits per heavy atom. The number of halogens is 1. The van der Waals surface area contributed by atoms with Gasteiger partial charge in [0.25, 0.3) is 5.91 Å². The number of hydrogen-bond donors (Lipinski definition) is 2. The van der Waals surface area contributed by atoms with Gasteiger partial charge in [-0.2, -0.15) is 5.10 Å². The molecule has 2 aromatic rings. The van der Waals surface area contributed by atoms with Crippen LogP contribution in [0.4, 0.5) is 10.1 Å². The van der Waals surface area contributed by atoms with E-state index in [1.54, 1.807) is 12.1 Å². The average molecular weight is 331 g/mol. The van der Waals surface area contributed by atoms with E-state index in [1.165, 1.54) is 18.3 Å². The van der Waals surface area contributed by atoms with Crippen LogP contribution in [0.2, 0.25) is 0 Å². The third kappa shape index (κ3) is 3.56. The highest BCUT2D eigenvalue weighted by atomic mass is 19.1. The van der Waals surface area contributed by atoms with Gasteiger partial charge < -0.3 is 15.1 Å². The van der Waals surface area contributed by atoms with E-state index in [9.17, 15) is 9.18 Å². The van der Waals surface area contributed by atoms with Crippen molar-refractivity contribution in [1.29, 1.82) is 0 Å². The van der Waals surface area contributed by atoms with Crippen LogP contribution in [-0.2, 0) is 0 Å². The van der Waals surface area contributed by atoms with Crippen molar-refractivity contribution >= 4 is 11.6 Å². The predicted molar refractivity (Wildman–Crippen MR) is 90.6 cm³/mol. The SMILES string of the molecule is CC(NC(=O)c1ccn[nH]1)c1cc(F)ccc1N1CCN(C)CC1. The molecular weight excluding hydrogens is 309 g/mol. The van der Waals surface area contributed by atoms with Crippen LogP contribution in [0.3, 0.4) is 0 Å². The van der Waals surface area contributed by atoms with Crippen LogP contribution >= 0.6 is 0 Å². The molecule has 1 aromatic heterocycles. The molecule has 0 bridgehead atoms. The monoisotopic (exact) mass is 331 g/mol. The minimum absolute atomic E-state index is 0.256. The largest absolute Gasteiger partial charge is 0.369 e. The van der Waals surface area contributed by atoms with E-state index >= 15 is 0 Å². The number of piperazine rings is 1. The number of likely N-dealkylation sites (N-methyl/N-ethyl adjacent to an activating group) is 1. The summed E-state index contributed by atoms with van der Waals surface area (Å²) in [6.45, 7) is 5.56. The summed E-state index contributed by atoms with van der Waals surface area (Å²) in [6.07, 6.45) is 1.53. The predicted octanol–water partition coefficient (Wildman–Crippen LogP) is 1.79. The Labute approximate surface area is 140 Å². The Kier molecular flexibility index (Phi) is 4.80. The molecule has 2 heterocycles. The number of carbonyl (C=O) groups is 1. The molecule has 6 nitrogen and oxygen atoms in total. The second-order valence-electron chi connectivity index (χ2n) is 6.16. The summed E-state index contributed by atoms with van der Waals surface area (Å²) >= 11 is 0. The topological polar surface area (TPSA) is 64.3 Å². The average Bonchev–Trinajstić information content (AvgIpc) is 3.10. The first-order chi connectivity index (χ1) is 11.5. The molecule has 1 unspecified atom stereocenters. The highest BCUT2D eigenvalue weighted by Crippen LogP contribution is 2.28.